The topological polar surface area (TPSA) is 84.9 Å². The number of rotatable bonds is 7. The van der Waals surface area contributed by atoms with Crippen molar-refractivity contribution in [1.29, 1.82) is 0 Å². The smallest absolute Gasteiger partial charge is 0.335 e. The van der Waals surface area contributed by atoms with E-state index in [1.54, 1.807) is 13.0 Å². The molecule has 0 bridgehead atoms. The fourth-order valence-electron chi connectivity index (χ4n) is 3.46. The quantitative estimate of drug-likeness (QED) is 0.282. The SMILES string of the molecule is CCOc1cc(/C=C2\C(=O)NC(=O)N(c3ccc(F)cc3)C2=O)cc(Cl)c1OCc1ccc(Br)cc1. The minimum atomic E-state index is -0.932. The van der Waals surface area contributed by atoms with Crippen LogP contribution in [0.4, 0.5) is 14.9 Å². The first-order valence-corrected chi connectivity index (χ1v) is 11.9. The number of imide groups is 2. The Labute approximate surface area is 219 Å². The molecule has 7 nitrogen and oxygen atoms in total. The van der Waals surface area contributed by atoms with E-state index in [4.69, 9.17) is 21.1 Å². The van der Waals surface area contributed by atoms with Gasteiger partial charge in [0.05, 0.1) is 17.3 Å². The zero-order valence-electron chi connectivity index (χ0n) is 18.9. The number of carbonyl (C=O) groups excluding carboxylic acids is 3. The summed E-state index contributed by atoms with van der Waals surface area (Å²) in [5.74, 6) is -1.63. The first-order valence-electron chi connectivity index (χ1n) is 10.8. The number of hydrogen-bond acceptors (Lipinski definition) is 5. The highest BCUT2D eigenvalue weighted by molar-refractivity contribution is 9.10. The summed E-state index contributed by atoms with van der Waals surface area (Å²) in [6.07, 6.45) is 1.30. The van der Waals surface area contributed by atoms with Crippen LogP contribution in [-0.4, -0.2) is 24.5 Å². The van der Waals surface area contributed by atoms with Crippen LogP contribution in [0.1, 0.15) is 18.1 Å². The number of hydrogen-bond donors (Lipinski definition) is 1. The van der Waals surface area contributed by atoms with Gasteiger partial charge in [-0.15, -0.1) is 0 Å². The minimum absolute atomic E-state index is 0.113. The number of nitrogens with one attached hydrogen (secondary N) is 1. The van der Waals surface area contributed by atoms with E-state index < -0.39 is 23.7 Å². The molecule has 36 heavy (non-hydrogen) atoms. The second-order valence-corrected chi connectivity index (χ2v) is 8.94. The maximum absolute atomic E-state index is 13.3. The molecule has 4 amide bonds. The molecular weight excluding hydrogens is 555 g/mol. The molecule has 184 valence electrons. The Balaban J connectivity index is 1.65. The highest BCUT2D eigenvalue weighted by Crippen LogP contribution is 2.38. The van der Waals surface area contributed by atoms with E-state index in [-0.39, 0.29) is 22.9 Å². The number of carbonyl (C=O) groups is 3. The van der Waals surface area contributed by atoms with Gasteiger partial charge in [-0.25, -0.2) is 14.1 Å². The predicted molar refractivity (Wildman–Crippen MR) is 136 cm³/mol. The molecular formula is C26H19BrClFN2O5. The third-order valence-corrected chi connectivity index (χ3v) is 5.94. The summed E-state index contributed by atoms with van der Waals surface area (Å²) in [6, 6.07) is 14.5. The van der Waals surface area contributed by atoms with E-state index in [0.717, 1.165) is 27.1 Å². The molecule has 10 heteroatoms. The standard InChI is InChI=1S/C26H19BrClFN2O5/c1-2-35-22-13-16(12-21(28)23(22)36-14-15-3-5-17(27)6-4-15)11-20-24(32)30-26(34)31(25(20)33)19-9-7-18(29)8-10-19/h3-13H,2,14H2,1H3,(H,30,32,34)/b20-11+. The Kier molecular flexibility index (Phi) is 7.71. The molecule has 0 aliphatic carbocycles. The average Bonchev–Trinajstić information content (AvgIpc) is 2.83. The van der Waals surface area contributed by atoms with Crippen LogP contribution in [0, 0.1) is 5.82 Å². The highest BCUT2D eigenvalue weighted by Gasteiger charge is 2.36. The average molecular weight is 574 g/mol. The van der Waals surface area contributed by atoms with E-state index in [2.05, 4.69) is 21.2 Å². The molecule has 1 heterocycles. The monoisotopic (exact) mass is 572 g/mol. The van der Waals surface area contributed by atoms with Crippen molar-refractivity contribution in [2.75, 3.05) is 11.5 Å². The van der Waals surface area contributed by atoms with Crippen molar-refractivity contribution in [3.05, 3.63) is 92.7 Å². The molecule has 1 aliphatic rings. The number of nitrogens with zero attached hydrogens (tertiary/aromatic N) is 1. The summed E-state index contributed by atoms with van der Waals surface area (Å²) in [6.45, 7) is 2.35. The molecule has 0 aromatic heterocycles. The number of anilines is 1. The summed E-state index contributed by atoms with van der Waals surface area (Å²) in [5, 5.41) is 2.33. The Morgan fingerprint density at radius 3 is 2.39 bits per heavy atom. The summed E-state index contributed by atoms with van der Waals surface area (Å²) in [5.41, 5.74) is 1.10. The predicted octanol–water partition coefficient (Wildman–Crippen LogP) is 5.89. The molecule has 0 radical (unpaired) electrons. The van der Waals surface area contributed by atoms with Crippen LogP contribution in [0.2, 0.25) is 5.02 Å². The molecule has 3 aromatic rings. The van der Waals surface area contributed by atoms with Gasteiger partial charge in [-0.2, -0.15) is 0 Å². The van der Waals surface area contributed by atoms with Crippen molar-refractivity contribution < 1.29 is 28.2 Å². The van der Waals surface area contributed by atoms with Crippen LogP contribution in [0.3, 0.4) is 0 Å². The molecule has 1 saturated heterocycles. The van der Waals surface area contributed by atoms with Gasteiger partial charge in [-0.1, -0.05) is 39.7 Å². The highest BCUT2D eigenvalue weighted by atomic mass is 79.9. The Morgan fingerprint density at radius 1 is 1.03 bits per heavy atom. The van der Waals surface area contributed by atoms with E-state index >= 15 is 0 Å². The number of ether oxygens (including phenoxy) is 2. The van der Waals surface area contributed by atoms with Crippen LogP contribution < -0.4 is 19.7 Å². The fourth-order valence-corrected chi connectivity index (χ4v) is 4.00. The lowest BCUT2D eigenvalue weighted by Crippen LogP contribution is -2.54. The number of barbiturate groups is 1. The lowest BCUT2D eigenvalue weighted by Gasteiger charge is -2.26. The number of amides is 4. The van der Waals surface area contributed by atoms with Crippen LogP contribution in [0.5, 0.6) is 11.5 Å². The van der Waals surface area contributed by atoms with E-state index in [9.17, 15) is 18.8 Å². The molecule has 1 N–H and O–H groups in total. The van der Waals surface area contributed by atoms with Crippen LogP contribution in [-0.2, 0) is 16.2 Å². The zero-order valence-corrected chi connectivity index (χ0v) is 21.2. The van der Waals surface area contributed by atoms with Gasteiger partial charge in [-0.3, -0.25) is 14.9 Å². The summed E-state index contributed by atoms with van der Waals surface area (Å²) in [7, 11) is 0. The number of urea groups is 1. The van der Waals surface area contributed by atoms with Crippen molar-refractivity contribution in [2.24, 2.45) is 0 Å². The Hall–Kier alpha value is -3.69. The second kappa shape index (κ2) is 10.9. The lowest BCUT2D eigenvalue weighted by atomic mass is 10.1. The van der Waals surface area contributed by atoms with E-state index in [1.807, 2.05) is 24.3 Å². The van der Waals surface area contributed by atoms with Crippen molar-refractivity contribution in [3.63, 3.8) is 0 Å². The molecule has 0 spiro atoms. The molecule has 1 fully saturated rings. The van der Waals surface area contributed by atoms with Gasteiger partial charge in [0.15, 0.2) is 11.5 Å². The van der Waals surface area contributed by atoms with Crippen molar-refractivity contribution >= 4 is 57.1 Å². The number of halogens is 3. The van der Waals surface area contributed by atoms with Gasteiger partial charge in [0.2, 0.25) is 0 Å². The normalized spacial score (nSPS) is 14.7. The van der Waals surface area contributed by atoms with Gasteiger partial charge in [0, 0.05) is 4.47 Å². The van der Waals surface area contributed by atoms with E-state index in [1.165, 1.54) is 24.3 Å². The molecule has 0 saturated carbocycles. The Morgan fingerprint density at radius 2 is 1.72 bits per heavy atom. The summed E-state index contributed by atoms with van der Waals surface area (Å²) in [4.78, 5) is 38.7. The zero-order chi connectivity index (χ0) is 25.8. The maximum Gasteiger partial charge on any atom is 0.335 e. The van der Waals surface area contributed by atoms with Gasteiger partial charge in [0.1, 0.15) is 18.0 Å². The molecule has 3 aromatic carbocycles. The van der Waals surface area contributed by atoms with Crippen LogP contribution in [0.25, 0.3) is 6.08 Å². The van der Waals surface area contributed by atoms with Crippen molar-refractivity contribution in [1.82, 2.24) is 5.32 Å². The summed E-state index contributed by atoms with van der Waals surface area (Å²) < 4.78 is 25.9. The Bertz CT molecular complexity index is 1360. The molecule has 0 atom stereocenters. The van der Waals surface area contributed by atoms with Gasteiger partial charge in [-0.05, 0) is 72.7 Å². The third kappa shape index (κ3) is 5.58. The van der Waals surface area contributed by atoms with Gasteiger partial charge in [0.25, 0.3) is 11.8 Å². The molecule has 1 aliphatic heterocycles. The van der Waals surface area contributed by atoms with Crippen LogP contribution in [0.15, 0.2) is 70.7 Å². The first-order chi connectivity index (χ1) is 17.3. The fraction of sp³-hybridized carbons (Fsp3) is 0.115. The van der Waals surface area contributed by atoms with Crippen molar-refractivity contribution in [2.45, 2.75) is 13.5 Å². The first kappa shape index (κ1) is 25.4. The lowest BCUT2D eigenvalue weighted by molar-refractivity contribution is -0.122. The molecule has 0 unspecified atom stereocenters. The third-order valence-electron chi connectivity index (χ3n) is 5.13. The van der Waals surface area contributed by atoms with Gasteiger partial charge >= 0.3 is 6.03 Å². The summed E-state index contributed by atoms with van der Waals surface area (Å²) >= 11 is 9.88. The minimum Gasteiger partial charge on any atom is -0.490 e. The number of benzene rings is 3. The van der Waals surface area contributed by atoms with Crippen LogP contribution >= 0.6 is 27.5 Å². The van der Waals surface area contributed by atoms with E-state index in [0.29, 0.717) is 23.7 Å². The molecule has 4 rings (SSSR count). The van der Waals surface area contributed by atoms with Gasteiger partial charge < -0.3 is 9.47 Å². The second-order valence-electron chi connectivity index (χ2n) is 7.61. The largest absolute Gasteiger partial charge is 0.490 e. The van der Waals surface area contributed by atoms with Crippen molar-refractivity contribution in [3.8, 4) is 11.5 Å². The maximum atomic E-state index is 13.3.